The standard InChI is InChI=1S/2C15H19BrN4O.2C10H17N3O.C4H2BrFN2/c1-2-13-11(7-14-17-8-12(16)9-18-14)10-20(19-13)15-5-3-4-6-21-15;1-2-13-11(7-14-17-9-12(16)10-18-14)8-19-20(13)15-5-3-4-6-21-15;1-2-9-8(11)7-13(12-9)10-5-3-4-6-14-10;1-2-9-8(11)7-12-13(9)10-5-3-4-6-14-10;5-3-1-7-4(6)8-2-3/h2*8-10,15H,2-7H2,1H3;2*7,10H,2-6,11H2,1H3;1-2H. The molecule has 11 heterocycles. The maximum Gasteiger partial charge on any atom is 0.308 e. The van der Waals surface area contributed by atoms with Gasteiger partial charge in [0, 0.05) is 99.5 Å². The summed E-state index contributed by atoms with van der Waals surface area (Å²) >= 11 is 9.77. The number of nitrogen functional groups attached to an aromatic ring is 2. The molecule has 0 amide bonds. The molecule has 0 aromatic carbocycles. The maximum absolute atomic E-state index is 11.8. The number of nitrogens with zero attached hydrogens (tertiary/aromatic N) is 14. The van der Waals surface area contributed by atoms with Gasteiger partial charge in [0.2, 0.25) is 0 Å². The molecule has 4 aliphatic heterocycles. The molecule has 4 atom stereocenters. The van der Waals surface area contributed by atoms with Gasteiger partial charge in [-0.3, -0.25) is 0 Å². The SMILES string of the molecule is CCc1c(Cc2ncc(Br)cn2)cnn1C1CCCCO1.CCc1c(N)cnn1C1CCCCO1.CCc1nn(C2CCCCO2)cc1Cc1ncc(Br)cn1.CCc1nn(C2CCCCO2)cc1N.Fc1ncc(Br)cn1. The van der Waals surface area contributed by atoms with Gasteiger partial charge in [-0.15, -0.1) is 0 Å². The molecule has 7 aromatic heterocycles. The van der Waals surface area contributed by atoms with Gasteiger partial charge in [-0.25, -0.2) is 48.6 Å². The number of hydrogen-bond acceptors (Lipinski definition) is 16. The van der Waals surface area contributed by atoms with Crippen molar-refractivity contribution in [1.82, 2.24) is 69.0 Å². The van der Waals surface area contributed by atoms with Crippen molar-refractivity contribution in [3.63, 3.8) is 0 Å². The minimum absolute atomic E-state index is 0.0867. The Balaban J connectivity index is 0.000000146. The Kier molecular flexibility index (Phi) is 24.5. The molecule has 4 aliphatic rings. The van der Waals surface area contributed by atoms with Gasteiger partial charge in [-0.2, -0.15) is 24.8 Å². The summed E-state index contributed by atoms with van der Waals surface area (Å²) in [5, 5.41) is 17.9. The van der Waals surface area contributed by atoms with E-state index in [0.717, 1.165) is 153 Å². The van der Waals surface area contributed by atoms with Crippen molar-refractivity contribution >= 4 is 59.2 Å². The highest BCUT2D eigenvalue weighted by Crippen LogP contribution is 2.29. The van der Waals surface area contributed by atoms with Crippen LogP contribution in [0.1, 0.15) is 175 Å². The van der Waals surface area contributed by atoms with E-state index in [9.17, 15) is 4.39 Å². The summed E-state index contributed by atoms with van der Waals surface area (Å²) in [5.41, 5.74) is 20.0. The molecule has 78 heavy (non-hydrogen) atoms. The van der Waals surface area contributed by atoms with Crippen LogP contribution in [0, 0.1) is 6.08 Å². The highest BCUT2D eigenvalue weighted by molar-refractivity contribution is 9.11. The summed E-state index contributed by atoms with van der Waals surface area (Å²) in [6, 6.07) is 0. The largest absolute Gasteiger partial charge is 0.396 e. The number of nitrogens with two attached hydrogens (primary N) is 2. The van der Waals surface area contributed by atoms with Gasteiger partial charge in [0.05, 0.1) is 60.5 Å². The van der Waals surface area contributed by atoms with E-state index in [1.807, 2.05) is 31.1 Å². The molecule has 4 N–H and O–H groups in total. The number of aromatic nitrogens is 14. The molecule has 0 bridgehead atoms. The smallest absolute Gasteiger partial charge is 0.308 e. The fourth-order valence-corrected chi connectivity index (χ4v) is 9.96. The van der Waals surface area contributed by atoms with Crippen LogP contribution in [0.2, 0.25) is 0 Å². The number of anilines is 2. The van der Waals surface area contributed by atoms with E-state index in [-0.39, 0.29) is 24.9 Å². The van der Waals surface area contributed by atoms with Gasteiger partial charge in [-0.05, 0) is 151 Å². The van der Waals surface area contributed by atoms with Crippen LogP contribution in [-0.4, -0.2) is 95.5 Å². The lowest BCUT2D eigenvalue weighted by molar-refractivity contribution is -0.0411. The molecule has 7 aromatic rings. The highest BCUT2D eigenvalue weighted by atomic mass is 79.9. The number of rotatable bonds is 12. The fraction of sp³-hybridized carbons (Fsp3) is 0.556. The van der Waals surface area contributed by atoms with Gasteiger partial charge in [0.15, 0.2) is 6.23 Å². The summed E-state index contributed by atoms with van der Waals surface area (Å²) in [6.45, 7) is 11.8. The van der Waals surface area contributed by atoms with Crippen LogP contribution in [0.4, 0.5) is 15.8 Å². The van der Waals surface area contributed by atoms with Crippen LogP contribution in [0.3, 0.4) is 0 Å². The monoisotopic (exact) mass is 1270 g/mol. The molecule has 422 valence electrons. The first-order valence-electron chi connectivity index (χ1n) is 27.3. The predicted octanol–water partition coefficient (Wildman–Crippen LogP) is 11.4. The molecule has 4 saturated heterocycles. The van der Waals surface area contributed by atoms with Gasteiger partial charge in [0.1, 0.15) is 30.3 Å². The van der Waals surface area contributed by atoms with Gasteiger partial charge < -0.3 is 30.4 Å². The maximum atomic E-state index is 11.8. The third-order valence-corrected chi connectivity index (χ3v) is 14.6. The van der Waals surface area contributed by atoms with Crippen molar-refractivity contribution in [2.24, 2.45) is 0 Å². The Labute approximate surface area is 481 Å². The van der Waals surface area contributed by atoms with E-state index < -0.39 is 6.08 Å². The quantitative estimate of drug-likeness (QED) is 0.108. The first-order chi connectivity index (χ1) is 38.0. The first kappa shape index (κ1) is 60.5. The Bertz CT molecular complexity index is 2760. The van der Waals surface area contributed by atoms with E-state index in [1.165, 1.54) is 54.9 Å². The molecule has 0 aliphatic carbocycles. The Morgan fingerprint density at radius 3 is 1.31 bits per heavy atom. The van der Waals surface area contributed by atoms with Crippen molar-refractivity contribution in [3.05, 3.63) is 127 Å². The van der Waals surface area contributed by atoms with Crippen LogP contribution < -0.4 is 11.5 Å². The van der Waals surface area contributed by atoms with Crippen LogP contribution >= 0.6 is 47.8 Å². The number of hydrogen-bond donors (Lipinski definition) is 2. The van der Waals surface area contributed by atoms with Crippen molar-refractivity contribution in [1.29, 1.82) is 0 Å². The number of ether oxygens (including phenoxy) is 4. The second kappa shape index (κ2) is 31.6. The van der Waals surface area contributed by atoms with Gasteiger partial charge >= 0.3 is 6.08 Å². The third-order valence-electron chi connectivity index (χ3n) is 13.4. The molecule has 11 rings (SSSR count). The van der Waals surface area contributed by atoms with E-state index in [2.05, 4.69) is 127 Å². The summed E-state index contributed by atoms with van der Waals surface area (Å²) < 4.78 is 45.1. The Morgan fingerprint density at radius 1 is 0.474 bits per heavy atom. The lowest BCUT2D eigenvalue weighted by Crippen LogP contribution is -2.21. The first-order valence-corrected chi connectivity index (χ1v) is 29.6. The predicted molar refractivity (Wildman–Crippen MR) is 305 cm³/mol. The average molecular weight is 1270 g/mol. The van der Waals surface area contributed by atoms with Crippen LogP contribution in [0.15, 0.2) is 75.4 Å². The average Bonchev–Trinajstić information content (AvgIpc) is 4.30. The lowest BCUT2D eigenvalue weighted by atomic mass is 10.1. The van der Waals surface area contributed by atoms with Crippen molar-refractivity contribution in [3.8, 4) is 0 Å². The second-order valence-corrected chi connectivity index (χ2v) is 21.7. The molecule has 4 fully saturated rings. The molecule has 24 heteroatoms. The molecular formula is C54H74Br3FN16O4. The zero-order chi connectivity index (χ0) is 55.2. The van der Waals surface area contributed by atoms with E-state index in [1.54, 1.807) is 31.0 Å². The van der Waals surface area contributed by atoms with Crippen LogP contribution in [0.25, 0.3) is 0 Å². The van der Waals surface area contributed by atoms with E-state index in [4.69, 9.17) is 35.5 Å². The highest BCUT2D eigenvalue weighted by Gasteiger charge is 2.23. The number of halogens is 4. The lowest BCUT2D eigenvalue weighted by Gasteiger charge is -2.24. The van der Waals surface area contributed by atoms with Crippen LogP contribution in [0.5, 0.6) is 0 Å². The van der Waals surface area contributed by atoms with E-state index in [0.29, 0.717) is 17.3 Å². The molecule has 20 nitrogen and oxygen atoms in total. The summed E-state index contributed by atoms with van der Waals surface area (Å²) in [6.07, 6.45) is 35.8. The second-order valence-electron chi connectivity index (χ2n) is 19.0. The normalized spacial score (nSPS) is 19.2. The zero-order valence-corrected chi connectivity index (χ0v) is 50.0. The van der Waals surface area contributed by atoms with Crippen molar-refractivity contribution < 1.29 is 23.3 Å². The zero-order valence-electron chi connectivity index (χ0n) is 45.2. The Morgan fingerprint density at radius 2 is 0.885 bits per heavy atom. The van der Waals surface area contributed by atoms with Gasteiger partial charge in [0.25, 0.3) is 0 Å². The van der Waals surface area contributed by atoms with Gasteiger partial charge in [-0.1, -0.05) is 27.7 Å². The summed E-state index contributed by atoms with van der Waals surface area (Å²) in [5.74, 6) is 1.63. The topological polar surface area (TPSA) is 238 Å². The van der Waals surface area contributed by atoms with Crippen molar-refractivity contribution in [2.75, 3.05) is 37.9 Å². The molecular weight excluding hydrogens is 1200 g/mol. The Hall–Kier alpha value is -5.11. The molecule has 4 unspecified atom stereocenters. The minimum Gasteiger partial charge on any atom is -0.396 e. The summed E-state index contributed by atoms with van der Waals surface area (Å²) in [7, 11) is 0. The van der Waals surface area contributed by atoms with Crippen LogP contribution in [-0.2, 0) is 57.5 Å². The molecule has 0 saturated carbocycles. The summed E-state index contributed by atoms with van der Waals surface area (Å²) in [4.78, 5) is 23.9. The third kappa shape index (κ3) is 18.0. The molecule has 0 spiro atoms. The number of aryl methyl sites for hydroxylation is 2. The minimum atomic E-state index is -0.701. The fourth-order valence-electron chi connectivity index (χ4n) is 9.34. The van der Waals surface area contributed by atoms with Crippen molar-refractivity contribution in [2.45, 2.75) is 168 Å². The van der Waals surface area contributed by atoms with E-state index >= 15 is 0 Å². The molecule has 0 radical (unpaired) electrons.